The van der Waals surface area contributed by atoms with Gasteiger partial charge in [0, 0.05) is 11.8 Å². The Labute approximate surface area is 102 Å². The molecule has 1 aromatic carbocycles. The molecule has 0 saturated carbocycles. The Morgan fingerprint density at radius 1 is 1.39 bits per heavy atom. The van der Waals surface area contributed by atoms with Crippen molar-refractivity contribution in [3.63, 3.8) is 0 Å². The summed E-state index contributed by atoms with van der Waals surface area (Å²) in [7, 11) is -4.72. The Balaban J connectivity index is 2.93. The molecular formula is C10H9F2NO4S. The second kappa shape index (κ2) is 5.58. The normalized spacial score (nSPS) is 11.9. The first kappa shape index (κ1) is 14.1. The van der Waals surface area contributed by atoms with Gasteiger partial charge in [0.1, 0.15) is 0 Å². The van der Waals surface area contributed by atoms with Crippen LogP contribution in [0.25, 0.3) is 6.08 Å². The summed E-state index contributed by atoms with van der Waals surface area (Å²) >= 11 is 0. The molecule has 0 saturated heterocycles. The number of anilines is 1. The number of sulfonamides is 1. The molecule has 0 fully saturated rings. The van der Waals surface area contributed by atoms with Crippen LogP contribution in [0.3, 0.4) is 0 Å². The molecule has 18 heavy (non-hydrogen) atoms. The maximum atomic E-state index is 12.1. The number of carbonyl (C=O) groups is 1. The Morgan fingerprint density at radius 3 is 2.61 bits per heavy atom. The first-order valence-corrected chi connectivity index (χ1v) is 6.17. The summed E-state index contributed by atoms with van der Waals surface area (Å²) in [5, 5.41) is 8.41. The van der Waals surface area contributed by atoms with Crippen molar-refractivity contribution < 1.29 is 27.1 Å². The van der Waals surface area contributed by atoms with E-state index in [4.69, 9.17) is 5.11 Å². The van der Waals surface area contributed by atoms with Crippen molar-refractivity contribution in [3.05, 3.63) is 35.9 Å². The van der Waals surface area contributed by atoms with Gasteiger partial charge in [-0.15, -0.1) is 0 Å². The van der Waals surface area contributed by atoms with E-state index in [2.05, 4.69) is 0 Å². The van der Waals surface area contributed by atoms with Gasteiger partial charge in [0.2, 0.25) is 0 Å². The lowest BCUT2D eigenvalue weighted by molar-refractivity contribution is -0.131. The highest BCUT2D eigenvalue weighted by molar-refractivity contribution is 7.93. The highest BCUT2D eigenvalue weighted by Crippen LogP contribution is 2.16. The third-order valence-electron chi connectivity index (χ3n) is 1.80. The van der Waals surface area contributed by atoms with Crippen LogP contribution in [0.2, 0.25) is 0 Å². The zero-order valence-electron chi connectivity index (χ0n) is 8.88. The van der Waals surface area contributed by atoms with Crippen molar-refractivity contribution in [1.29, 1.82) is 0 Å². The fraction of sp³-hybridized carbons (Fsp3) is 0.100. The van der Waals surface area contributed by atoms with Crippen LogP contribution in [0.5, 0.6) is 0 Å². The number of carboxylic acid groups (broad SMARTS) is 1. The molecule has 0 aliphatic rings. The van der Waals surface area contributed by atoms with Crippen LogP contribution in [0.15, 0.2) is 30.3 Å². The van der Waals surface area contributed by atoms with E-state index in [1.165, 1.54) is 30.3 Å². The average Bonchev–Trinajstić information content (AvgIpc) is 2.26. The lowest BCUT2D eigenvalue weighted by Crippen LogP contribution is -2.20. The number of aliphatic carboxylic acids is 1. The van der Waals surface area contributed by atoms with Crippen molar-refractivity contribution in [2.24, 2.45) is 0 Å². The van der Waals surface area contributed by atoms with Gasteiger partial charge >= 0.3 is 11.7 Å². The zero-order valence-corrected chi connectivity index (χ0v) is 9.69. The van der Waals surface area contributed by atoms with E-state index in [0.717, 1.165) is 6.08 Å². The van der Waals surface area contributed by atoms with Crippen molar-refractivity contribution >= 4 is 27.8 Å². The summed E-state index contributed by atoms with van der Waals surface area (Å²) in [6.45, 7) is 0. The maximum absolute atomic E-state index is 12.1. The number of nitrogens with one attached hydrogen (secondary N) is 1. The molecule has 2 N–H and O–H groups in total. The zero-order chi connectivity index (χ0) is 13.8. The molecule has 0 heterocycles. The van der Waals surface area contributed by atoms with Crippen molar-refractivity contribution in [3.8, 4) is 0 Å². The second-order valence-electron chi connectivity index (χ2n) is 3.20. The molecule has 0 bridgehead atoms. The van der Waals surface area contributed by atoms with E-state index in [1.807, 2.05) is 0 Å². The van der Waals surface area contributed by atoms with Crippen LogP contribution in [0.1, 0.15) is 5.56 Å². The molecule has 1 rings (SSSR count). The topological polar surface area (TPSA) is 83.5 Å². The van der Waals surface area contributed by atoms with Crippen molar-refractivity contribution in [1.82, 2.24) is 0 Å². The third-order valence-corrected chi connectivity index (χ3v) is 2.79. The van der Waals surface area contributed by atoms with E-state index >= 15 is 0 Å². The Hall–Kier alpha value is -1.96. The number of alkyl halides is 2. The highest BCUT2D eigenvalue weighted by Gasteiger charge is 2.23. The van der Waals surface area contributed by atoms with Gasteiger partial charge in [-0.1, -0.05) is 12.1 Å². The van der Waals surface area contributed by atoms with Gasteiger partial charge in [0.15, 0.2) is 0 Å². The SMILES string of the molecule is O=C(O)/C=C/c1cccc(NS(=O)(=O)C(F)F)c1. The summed E-state index contributed by atoms with van der Waals surface area (Å²) in [6.07, 6.45) is 2.06. The third kappa shape index (κ3) is 4.13. The van der Waals surface area contributed by atoms with Crippen LogP contribution >= 0.6 is 0 Å². The van der Waals surface area contributed by atoms with E-state index in [1.54, 1.807) is 4.72 Å². The van der Waals surface area contributed by atoms with Crippen LogP contribution in [0, 0.1) is 0 Å². The Kier molecular flexibility index (Phi) is 4.38. The van der Waals surface area contributed by atoms with Gasteiger partial charge in [-0.05, 0) is 23.8 Å². The monoisotopic (exact) mass is 277 g/mol. The van der Waals surface area contributed by atoms with Gasteiger partial charge in [-0.2, -0.15) is 8.78 Å². The number of hydrogen-bond acceptors (Lipinski definition) is 3. The number of hydrogen-bond donors (Lipinski definition) is 2. The summed E-state index contributed by atoms with van der Waals surface area (Å²) < 4.78 is 47.7. The molecule has 0 aliphatic heterocycles. The molecule has 0 aromatic heterocycles. The first-order valence-electron chi connectivity index (χ1n) is 4.62. The molecule has 0 radical (unpaired) electrons. The second-order valence-corrected chi connectivity index (χ2v) is 4.86. The lowest BCUT2D eigenvalue weighted by Gasteiger charge is -2.07. The number of halogens is 2. The largest absolute Gasteiger partial charge is 0.478 e. The lowest BCUT2D eigenvalue weighted by atomic mass is 10.2. The van der Waals surface area contributed by atoms with Gasteiger partial charge in [-0.25, -0.2) is 13.2 Å². The Morgan fingerprint density at radius 2 is 2.06 bits per heavy atom. The fourth-order valence-electron chi connectivity index (χ4n) is 1.08. The summed E-state index contributed by atoms with van der Waals surface area (Å²) in [5.41, 5.74) is 0.301. The molecule has 0 unspecified atom stereocenters. The average molecular weight is 277 g/mol. The van der Waals surface area contributed by atoms with Crippen molar-refractivity contribution in [2.75, 3.05) is 4.72 Å². The van der Waals surface area contributed by atoms with Gasteiger partial charge in [-0.3, -0.25) is 4.72 Å². The van der Waals surface area contributed by atoms with E-state index in [-0.39, 0.29) is 5.69 Å². The highest BCUT2D eigenvalue weighted by atomic mass is 32.2. The predicted octanol–water partition coefficient (Wildman–Crippen LogP) is 1.75. The van der Waals surface area contributed by atoms with Gasteiger partial charge in [0.05, 0.1) is 0 Å². The summed E-state index contributed by atoms with van der Waals surface area (Å²) in [4.78, 5) is 10.3. The number of carboxylic acids is 1. The fourth-order valence-corrected chi connectivity index (χ4v) is 1.63. The smallest absolute Gasteiger partial charge is 0.355 e. The summed E-state index contributed by atoms with van der Waals surface area (Å²) in [5.74, 6) is -4.70. The van der Waals surface area contributed by atoms with Gasteiger partial charge in [0.25, 0.3) is 10.0 Å². The minimum absolute atomic E-state index is 0.0668. The summed E-state index contributed by atoms with van der Waals surface area (Å²) in [6, 6.07) is 5.42. The molecule has 0 spiro atoms. The number of benzene rings is 1. The minimum atomic E-state index is -4.72. The molecule has 1 aromatic rings. The molecule has 98 valence electrons. The van der Waals surface area contributed by atoms with Crippen LogP contribution < -0.4 is 4.72 Å². The number of rotatable bonds is 5. The van der Waals surface area contributed by atoms with Crippen LogP contribution in [0.4, 0.5) is 14.5 Å². The van der Waals surface area contributed by atoms with Crippen LogP contribution in [-0.4, -0.2) is 25.3 Å². The molecule has 5 nitrogen and oxygen atoms in total. The molecule has 0 atom stereocenters. The Bertz CT molecular complexity index is 569. The molecular weight excluding hydrogens is 268 g/mol. The maximum Gasteiger partial charge on any atom is 0.355 e. The van der Waals surface area contributed by atoms with E-state index in [0.29, 0.717) is 5.56 Å². The minimum Gasteiger partial charge on any atom is -0.478 e. The molecule has 0 aliphatic carbocycles. The van der Waals surface area contributed by atoms with Crippen LogP contribution in [-0.2, 0) is 14.8 Å². The molecule has 8 heteroatoms. The standard InChI is InChI=1S/C10H9F2NO4S/c11-10(12)18(16,17)13-8-3-1-2-7(6-8)4-5-9(14)15/h1-6,10,13H,(H,14,15)/b5-4+. The first-order chi connectivity index (χ1) is 8.31. The van der Waals surface area contributed by atoms with Gasteiger partial charge < -0.3 is 5.11 Å². The predicted molar refractivity (Wildman–Crippen MR) is 61.7 cm³/mol. The molecule has 0 amide bonds. The van der Waals surface area contributed by atoms with Crippen molar-refractivity contribution in [2.45, 2.75) is 5.76 Å². The van der Waals surface area contributed by atoms with E-state index in [9.17, 15) is 22.0 Å². The quantitative estimate of drug-likeness (QED) is 0.803. The van der Waals surface area contributed by atoms with E-state index < -0.39 is 21.8 Å².